The number of anilines is 1. The van der Waals surface area contributed by atoms with Crippen molar-refractivity contribution in [3.8, 4) is 0 Å². The molecule has 1 aromatic rings. The van der Waals surface area contributed by atoms with Gasteiger partial charge in [-0.25, -0.2) is 12.7 Å². The fourth-order valence-corrected chi connectivity index (χ4v) is 3.83. The van der Waals surface area contributed by atoms with Crippen molar-refractivity contribution in [1.82, 2.24) is 4.31 Å². The molecule has 2 N–H and O–H groups in total. The normalized spacial score (nSPS) is 13.0. The third-order valence-corrected chi connectivity index (χ3v) is 4.90. The van der Waals surface area contributed by atoms with Gasteiger partial charge in [-0.3, -0.25) is 0 Å². The van der Waals surface area contributed by atoms with Gasteiger partial charge in [-0.2, -0.15) is 0 Å². The Morgan fingerprint density at radius 1 is 1.32 bits per heavy atom. The molecule has 0 saturated carbocycles. The Morgan fingerprint density at radius 3 is 2.32 bits per heavy atom. The molecule has 0 aliphatic rings. The lowest BCUT2D eigenvalue weighted by Gasteiger charge is -2.26. The minimum Gasteiger partial charge on any atom is -0.398 e. The molecule has 0 amide bonds. The van der Waals surface area contributed by atoms with Crippen LogP contribution in [0.3, 0.4) is 0 Å². The summed E-state index contributed by atoms with van der Waals surface area (Å²) in [6.45, 7) is 8.05. The summed E-state index contributed by atoms with van der Waals surface area (Å²) in [5, 5.41) is 0.325. The highest BCUT2D eigenvalue weighted by molar-refractivity contribution is 7.89. The zero-order valence-corrected chi connectivity index (χ0v) is 13.6. The third-order valence-electron chi connectivity index (χ3n) is 2.75. The topological polar surface area (TPSA) is 63.4 Å². The van der Waals surface area contributed by atoms with Gasteiger partial charge in [0.15, 0.2) is 0 Å². The molecule has 0 fully saturated rings. The minimum atomic E-state index is -3.58. The average Bonchev–Trinajstić information content (AvgIpc) is 2.20. The maximum atomic E-state index is 12.5. The van der Waals surface area contributed by atoms with E-state index in [1.807, 2.05) is 20.8 Å². The Morgan fingerprint density at radius 2 is 1.84 bits per heavy atom. The average molecular weight is 305 g/mol. The number of nitrogen functional groups attached to an aromatic ring is 1. The van der Waals surface area contributed by atoms with Crippen LogP contribution in [-0.2, 0) is 10.0 Å². The number of halogens is 1. The molecule has 4 nitrogen and oxygen atoms in total. The van der Waals surface area contributed by atoms with E-state index in [1.165, 1.54) is 10.4 Å². The Bertz CT molecular complexity index is 577. The second kappa shape index (κ2) is 5.31. The van der Waals surface area contributed by atoms with Crippen molar-refractivity contribution in [2.75, 3.05) is 19.3 Å². The Hall–Kier alpha value is -0.780. The van der Waals surface area contributed by atoms with Crippen molar-refractivity contribution in [3.05, 3.63) is 22.7 Å². The van der Waals surface area contributed by atoms with E-state index in [4.69, 9.17) is 17.3 Å². The number of nitrogens with zero attached hydrogens (tertiary/aromatic N) is 1. The zero-order valence-electron chi connectivity index (χ0n) is 12.0. The molecule has 19 heavy (non-hydrogen) atoms. The lowest BCUT2D eigenvalue weighted by atomic mass is 9.97. The van der Waals surface area contributed by atoms with E-state index in [9.17, 15) is 8.42 Å². The number of rotatable bonds is 3. The van der Waals surface area contributed by atoms with Crippen LogP contribution in [0.1, 0.15) is 26.3 Å². The lowest BCUT2D eigenvalue weighted by Crippen LogP contribution is -2.34. The van der Waals surface area contributed by atoms with E-state index in [1.54, 1.807) is 20.0 Å². The molecule has 0 spiro atoms. The number of hydrogen-bond acceptors (Lipinski definition) is 3. The molecule has 0 aliphatic heterocycles. The first-order chi connectivity index (χ1) is 8.45. The zero-order chi connectivity index (χ0) is 15.0. The van der Waals surface area contributed by atoms with Gasteiger partial charge in [0, 0.05) is 24.3 Å². The summed E-state index contributed by atoms with van der Waals surface area (Å²) in [7, 11) is -2.01. The van der Waals surface area contributed by atoms with E-state index in [-0.39, 0.29) is 10.3 Å². The number of nitrogens with two attached hydrogens (primary N) is 1. The molecule has 0 aliphatic carbocycles. The molecular formula is C13H21ClN2O2S. The molecule has 1 rings (SSSR count). The van der Waals surface area contributed by atoms with Crippen molar-refractivity contribution in [1.29, 1.82) is 0 Å². The molecule has 0 aromatic heterocycles. The van der Waals surface area contributed by atoms with Crippen molar-refractivity contribution in [2.24, 2.45) is 5.41 Å². The van der Waals surface area contributed by atoms with Crippen molar-refractivity contribution in [2.45, 2.75) is 32.6 Å². The monoisotopic (exact) mass is 304 g/mol. The van der Waals surface area contributed by atoms with Crippen LogP contribution in [0.25, 0.3) is 0 Å². The number of sulfonamides is 1. The second-order valence-electron chi connectivity index (χ2n) is 5.94. The molecule has 108 valence electrons. The Labute approximate surface area is 120 Å². The summed E-state index contributed by atoms with van der Waals surface area (Å²) in [4.78, 5) is 0.171. The first-order valence-corrected chi connectivity index (χ1v) is 7.79. The molecular weight excluding hydrogens is 284 g/mol. The van der Waals surface area contributed by atoms with E-state index >= 15 is 0 Å². The first-order valence-electron chi connectivity index (χ1n) is 5.97. The summed E-state index contributed by atoms with van der Waals surface area (Å²) in [6, 6.07) is 3.00. The summed E-state index contributed by atoms with van der Waals surface area (Å²) in [5.41, 5.74) is 6.57. The number of benzene rings is 1. The highest BCUT2D eigenvalue weighted by atomic mass is 35.5. The van der Waals surface area contributed by atoms with Crippen molar-refractivity contribution in [3.63, 3.8) is 0 Å². The van der Waals surface area contributed by atoms with Gasteiger partial charge in [-0.05, 0) is 30.0 Å². The smallest absolute Gasteiger partial charge is 0.243 e. The fourth-order valence-electron chi connectivity index (χ4n) is 1.86. The highest BCUT2D eigenvalue weighted by Gasteiger charge is 2.27. The fraction of sp³-hybridized carbons (Fsp3) is 0.538. The first kappa shape index (κ1) is 16.3. The third kappa shape index (κ3) is 3.84. The molecule has 0 bridgehead atoms. The predicted octanol–water partition coefficient (Wildman–Crippen LogP) is 2.90. The standard InChI is InChI=1S/C13H21ClN2O2S/c1-9-11(15)6-10(14)7-12(9)19(17,18)16(5)8-13(2,3)4/h6-7H,8,15H2,1-5H3. The van der Waals surface area contributed by atoms with E-state index in [0.717, 1.165) is 0 Å². The molecule has 0 radical (unpaired) electrons. The summed E-state index contributed by atoms with van der Waals surface area (Å²) in [6.07, 6.45) is 0. The van der Waals surface area contributed by atoms with Crippen LogP contribution < -0.4 is 5.73 Å². The van der Waals surface area contributed by atoms with Gasteiger partial charge in [-0.15, -0.1) is 0 Å². The summed E-state index contributed by atoms with van der Waals surface area (Å²) < 4.78 is 26.4. The van der Waals surface area contributed by atoms with E-state index in [0.29, 0.717) is 22.8 Å². The van der Waals surface area contributed by atoms with Crippen LogP contribution in [0.4, 0.5) is 5.69 Å². The van der Waals surface area contributed by atoms with E-state index in [2.05, 4.69) is 0 Å². The molecule has 1 aromatic carbocycles. The van der Waals surface area contributed by atoms with Crippen molar-refractivity contribution < 1.29 is 8.42 Å². The van der Waals surface area contributed by atoms with Crippen LogP contribution in [0, 0.1) is 12.3 Å². The van der Waals surface area contributed by atoms with Crippen LogP contribution in [0.2, 0.25) is 5.02 Å². The van der Waals surface area contributed by atoms with Gasteiger partial charge in [0.1, 0.15) is 0 Å². The molecule has 0 unspecified atom stereocenters. The Kier molecular flexibility index (Phi) is 4.55. The second-order valence-corrected chi connectivity index (χ2v) is 8.39. The van der Waals surface area contributed by atoms with Crippen molar-refractivity contribution >= 4 is 27.3 Å². The van der Waals surface area contributed by atoms with Gasteiger partial charge in [0.05, 0.1) is 4.90 Å². The van der Waals surface area contributed by atoms with E-state index < -0.39 is 10.0 Å². The van der Waals surface area contributed by atoms with Crippen LogP contribution in [0.15, 0.2) is 17.0 Å². The van der Waals surface area contributed by atoms with Gasteiger partial charge >= 0.3 is 0 Å². The lowest BCUT2D eigenvalue weighted by molar-refractivity contribution is 0.310. The molecule has 0 atom stereocenters. The van der Waals surface area contributed by atoms with Crippen LogP contribution in [-0.4, -0.2) is 26.3 Å². The van der Waals surface area contributed by atoms with Crippen LogP contribution in [0.5, 0.6) is 0 Å². The van der Waals surface area contributed by atoms with Crippen LogP contribution >= 0.6 is 11.6 Å². The van der Waals surface area contributed by atoms with Gasteiger partial charge < -0.3 is 5.73 Å². The predicted molar refractivity (Wildman–Crippen MR) is 79.9 cm³/mol. The number of hydrogen-bond donors (Lipinski definition) is 1. The maximum Gasteiger partial charge on any atom is 0.243 e. The SMILES string of the molecule is Cc1c(N)cc(Cl)cc1S(=O)(=O)N(C)CC(C)(C)C. The summed E-state index contributed by atoms with van der Waals surface area (Å²) >= 11 is 5.90. The van der Waals surface area contributed by atoms with Gasteiger partial charge in [0.2, 0.25) is 10.0 Å². The minimum absolute atomic E-state index is 0.125. The van der Waals surface area contributed by atoms with Gasteiger partial charge in [0.25, 0.3) is 0 Å². The quantitative estimate of drug-likeness (QED) is 0.873. The van der Waals surface area contributed by atoms with Gasteiger partial charge in [-0.1, -0.05) is 32.4 Å². The highest BCUT2D eigenvalue weighted by Crippen LogP contribution is 2.29. The summed E-state index contributed by atoms with van der Waals surface area (Å²) in [5.74, 6) is 0. The maximum absolute atomic E-state index is 12.5. The Balaban J connectivity index is 3.28. The molecule has 0 heterocycles. The molecule has 0 saturated heterocycles. The molecule has 6 heteroatoms. The largest absolute Gasteiger partial charge is 0.398 e.